The number of pyridine rings is 1. The van der Waals surface area contributed by atoms with Crippen molar-refractivity contribution in [2.24, 2.45) is 0 Å². The lowest BCUT2D eigenvalue weighted by atomic mass is 10.1. The topological polar surface area (TPSA) is 42.4 Å². The number of fused-ring (bicyclic) bond motifs is 1. The number of hydrogen-bond donors (Lipinski definition) is 0. The summed E-state index contributed by atoms with van der Waals surface area (Å²) in [6, 6.07) is 17.9. The molecule has 0 atom stereocenters. The zero-order valence-corrected chi connectivity index (χ0v) is 15.7. The molecule has 1 amide bonds. The summed E-state index contributed by atoms with van der Waals surface area (Å²) in [4.78, 5) is 18.7. The molecule has 0 spiro atoms. The largest absolute Gasteiger partial charge is 0.375 e. The molecule has 3 rings (SSSR count). The van der Waals surface area contributed by atoms with Gasteiger partial charge in [-0.15, -0.1) is 0 Å². The van der Waals surface area contributed by atoms with Crippen LogP contribution in [0.1, 0.15) is 16.7 Å². The van der Waals surface area contributed by atoms with Gasteiger partial charge in [-0.1, -0.05) is 53.6 Å². The fraction of sp³-hybridized carbons (Fsp3) is 0.238. The van der Waals surface area contributed by atoms with Crippen LogP contribution in [0, 0.1) is 6.92 Å². The number of rotatable bonds is 6. The fourth-order valence-corrected chi connectivity index (χ4v) is 3.09. The van der Waals surface area contributed by atoms with Crippen LogP contribution in [0.5, 0.6) is 0 Å². The molecule has 0 bridgehead atoms. The average Bonchev–Trinajstić information content (AvgIpc) is 2.63. The van der Waals surface area contributed by atoms with E-state index in [-0.39, 0.29) is 12.5 Å². The number of halogens is 1. The van der Waals surface area contributed by atoms with Crippen molar-refractivity contribution < 1.29 is 9.53 Å². The van der Waals surface area contributed by atoms with E-state index in [2.05, 4.69) is 11.1 Å². The van der Waals surface area contributed by atoms with E-state index in [9.17, 15) is 4.79 Å². The Morgan fingerprint density at radius 1 is 1.12 bits per heavy atom. The molecule has 3 aromatic rings. The molecule has 0 aliphatic heterocycles. The molecule has 0 radical (unpaired) electrons. The molecule has 1 aromatic heterocycles. The van der Waals surface area contributed by atoms with Crippen LogP contribution < -0.4 is 0 Å². The molecule has 0 saturated heterocycles. The minimum atomic E-state index is -0.0863. The van der Waals surface area contributed by atoms with Gasteiger partial charge in [0.25, 0.3) is 0 Å². The number of hydrogen-bond acceptors (Lipinski definition) is 3. The Hall–Kier alpha value is -2.43. The lowest BCUT2D eigenvalue weighted by Gasteiger charge is -2.23. The van der Waals surface area contributed by atoms with Crippen LogP contribution in [0.4, 0.5) is 0 Å². The molecular weight excluding hydrogens is 348 g/mol. The summed E-state index contributed by atoms with van der Waals surface area (Å²) in [6.45, 7) is 2.94. The van der Waals surface area contributed by atoms with Crippen molar-refractivity contribution in [2.75, 3.05) is 13.7 Å². The lowest BCUT2D eigenvalue weighted by Crippen LogP contribution is -2.33. The Kier molecular flexibility index (Phi) is 5.86. The maximum absolute atomic E-state index is 12.5. The predicted octanol–water partition coefficient (Wildman–Crippen LogP) is 4.37. The highest BCUT2D eigenvalue weighted by Gasteiger charge is 2.17. The number of amides is 1. The Bertz CT molecular complexity index is 913. The van der Waals surface area contributed by atoms with Crippen LogP contribution in [0.2, 0.25) is 5.15 Å². The first-order valence-electron chi connectivity index (χ1n) is 8.43. The number of carbonyl (C=O) groups is 1. The van der Waals surface area contributed by atoms with Crippen molar-refractivity contribution in [3.05, 3.63) is 76.4 Å². The summed E-state index contributed by atoms with van der Waals surface area (Å²) >= 11 is 6.39. The first-order valence-corrected chi connectivity index (χ1v) is 8.81. The molecule has 0 N–H and O–H groups in total. The van der Waals surface area contributed by atoms with Gasteiger partial charge < -0.3 is 9.64 Å². The second-order valence-electron chi connectivity index (χ2n) is 6.30. The van der Waals surface area contributed by atoms with Gasteiger partial charge in [0.2, 0.25) is 5.91 Å². The highest BCUT2D eigenvalue weighted by molar-refractivity contribution is 6.30. The van der Waals surface area contributed by atoms with Crippen LogP contribution in [-0.4, -0.2) is 29.5 Å². The monoisotopic (exact) mass is 368 g/mol. The van der Waals surface area contributed by atoms with E-state index in [0.717, 1.165) is 27.6 Å². The molecule has 0 unspecified atom stereocenters. The molecular formula is C21H21ClN2O2. The number of benzene rings is 2. The molecule has 0 aliphatic rings. The average molecular weight is 369 g/mol. The first-order chi connectivity index (χ1) is 12.6. The van der Waals surface area contributed by atoms with Gasteiger partial charge in [0, 0.05) is 31.1 Å². The van der Waals surface area contributed by atoms with Gasteiger partial charge in [-0.05, 0) is 30.7 Å². The van der Waals surface area contributed by atoms with E-state index >= 15 is 0 Å². The molecule has 2 aromatic carbocycles. The molecule has 0 aliphatic carbocycles. The number of carbonyl (C=O) groups excluding carboxylic acids is 1. The fourth-order valence-electron chi connectivity index (χ4n) is 2.88. The lowest BCUT2D eigenvalue weighted by molar-refractivity contribution is -0.136. The third-order valence-electron chi connectivity index (χ3n) is 4.19. The van der Waals surface area contributed by atoms with E-state index < -0.39 is 0 Å². The zero-order valence-electron chi connectivity index (χ0n) is 14.9. The second kappa shape index (κ2) is 8.30. The number of nitrogens with zero attached hydrogens (tertiary/aromatic N) is 2. The highest BCUT2D eigenvalue weighted by Crippen LogP contribution is 2.23. The van der Waals surface area contributed by atoms with Crippen molar-refractivity contribution in [1.82, 2.24) is 9.88 Å². The van der Waals surface area contributed by atoms with Crippen molar-refractivity contribution in [2.45, 2.75) is 20.0 Å². The molecule has 134 valence electrons. The smallest absolute Gasteiger partial charge is 0.249 e. The number of aromatic nitrogens is 1. The van der Waals surface area contributed by atoms with Crippen LogP contribution in [0.3, 0.4) is 0 Å². The molecule has 1 heterocycles. The van der Waals surface area contributed by atoms with Gasteiger partial charge in [0.15, 0.2) is 0 Å². The first kappa shape index (κ1) is 18.4. The Balaban J connectivity index is 1.91. The predicted molar refractivity (Wildman–Crippen MR) is 104 cm³/mol. The van der Waals surface area contributed by atoms with Gasteiger partial charge in [0.1, 0.15) is 11.8 Å². The Morgan fingerprint density at radius 2 is 1.88 bits per heavy atom. The van der Waals surface area contributed by atoms with Gasteiger partial charge in [0.05, 0.1) is 5.52 Å². The van der Waals surface area contributed by atoms with E-state index in [0.29, 0.717) is 18.2 Å². The van der Waals surface area contributed by atoms with Gasteiger partial charge >= 0.3 is 0 Å². The highest BCUT2D eigenvalue weighted by atomic mass is 35.5. The Morgan fingerprint density at radius 3 is 2.62 bits per heavy atom. The SMILES string of the molecule is COCC(=O)N(Cc1ccccc1)Cc1cc2cc(C)ccc2nc1Cl. The van der Waals surface area contributed by atoms with Crippen LogP contribution in [0.25, 0.3) is 10.9 Å². The van der Waals surface area contributed by atoms with Crippen molar-refractivity contribution in [3.8, 4) is 0 Å². The third kappa shape index (κ3) is 4.40. The van der Waals surface area contributed by atoms with Gasteiger partial charge in [-0.3, -0.25) is 4.79 Å². The number of methoxy groups -OCH3 is 1. The molecule has 5 heteroatoms. The second-order valence-corrected chi connectivity index (χ2v) is 6.66. The number of ether oxygens (including phenoxy) is 1. The molecule has 4 nitrogen and oxygen atoms in total. The quantitative estimate of drug-likeness (QED) is 0.607. The molecule has 0 saturated carbocycles. The normalized spacial score (nSPS) is 10.9. The summed E-state index contributed by atoms with van der Waals surface area (Å²) in [5.74, 6) is -0.0863. The maximum atomic E-state index is 12.5. The van der Waals surface area contributed by atoms with Gasteiger partial charge in [-0.2, -0.15) is 0 Å². The van der Waals surface area contributed by atoms with E-state index in [4.69, 9.17) is 16.3 Å². The molecule has 0 fully saturated rings. The summed E-state index contributed by atoms with van der Waals surface area (Å²) < 4.78 is 5.04. The zero-order chi connectivity index (χ0) is 18.5. The van der Waals surface area contributed by atoms with Crippen molar-refractivity contribution in [1.29, 1.82) is 0 Å². The number of aryl methyl sites for hydroxylation is 1. The van der Waals surface area contributed by atoms with Gasteiger partial charge in [-0.25, -0.2) is 4.98 Å². The third-order valence-corrected chi connectivity index (χ3v) is 4.52. The van der Waals surface area contributed by atoms with E-state index in [1.165, 1.54) is 7.11 Å². The summed E-state index contributed by atoms with van der Waals surface area (Å²) in [5.41, 5.74) is 3.88. The minimum Gasteiger partial charge on any atom is -0.375 e. The Labute approximate surface area is 158 Å². The van der Waals surface area contributed by atoms with Crippen molar-refractivity contribution in [3.63, 3.8) is 0 Å². The summed E-state index contributed by atoms with van der Waals surface area (Å²) in [6.07, 6.45) is 0. The molecule has 26 heavy (non-hydrogen) atoms. The summed E-state index contributed by atoms with van der Waals surface area (Å²) in [5, 5.41) is 1.44. The minimum absolute atomic E-state index is 0.0323. The van der Waals surface area contributed by atoms with Crippen LogP contribution >= 0.6 is 11.6 Å². The van der Waals surface area contributed by atoms with Crippen molar-refractivity contribution >= 4 is 28.4 Å². The standard InChI is InChI=1S/C21H21ClN2O2/c1-15-8-9-19-17(10-15)11-18(21(22)23-19)13-24(20(25)14-26-2)12-16-6-4-3-5-7-16/h3-11H,12-14H2,1-2H3. The van der Waals surface area contributed by atoms with E-state index in [1.807, 2.05) is 55.5 Å². The van der Waals surface area contributed by atoms with E-state index in [1.54, 1.807) is 4.90 Å². The van der Waals surface area contributed by atoms with Crippen LogP contribution in [0.15, 0.2) is 54.6 Å². The van der Waals surface area contributed by atoms with Crippen LogP contribution in [-0.2, 0) is 22.6 Å². The maximum Gasteiger partial charge on any atom is 0.249 e. The summed E-state index contributed by atoms with van der Waals surface area (Å²) in [7, 11) is 1.52.